The summed E-state index contributed by atoms with van der Waals surface area (Å²) in [7, 11) is 0. The SMILES string of the molecule is C=NNc1cccc(Cn2c(=N)n(C3CCN(c4cc(Cl)ccc4NC(C)=O)CC3)c3cc(F)ccc32)c1C. The van der Waals surface area contributed by atoms with Gasteiger partial charge in [0.15, 0.2) is 0 Å². The van der Waals surface area contributed by atoms with Gasteiger partial charge in [-0.05, 0) is 73.4 Å². The van der Waals surface area contributed by atoms with Crippen LogP contribution < -0.4 is 21.3 Å². The second kappa shape index (κ2) is 10.9. The zero-order valence-electron chi connectivity index (χ0n) is 22.0. The van der Waals surface area contributed by atoms with Crippen molar-refractivity contribution in [3.63, 3.8) is 0 Å². The average Bonchev–Trinajstić information content (AvgIpc) is 3.17. The van der Waals surface area contributed by atoms with E-state index in [-0.39, 0.29) is 17.8 Å². The zero-order chi connectivity index (χ0) is 27.7. The molecule has 1 aromatic heterocycles. The van der Waals surface area contributed by atoms with Crippen LogP contribution >= 0.6 is 11.6 Å². The maximum atomic E-state index is 14.5. The molecule has 202 valence electrons. The highest BCUT2D eigenvalue weighted by Crippen LogP contribution is 2.34. The number of hydrogen-bond acceptors (Lipinski definition) is 5. The first kappa shape index (κ1) is 26.5. The lowest BCUT2D eigenvalue weighted by molar-refractivity contribution is -0.114. The van der Waals surface area contributed by atoms with Gasteiger partial charge in [0, 0.05) is 37.8 Å². The van der Waals surface area contributed by atoms with Crippen molar-refractivity contribution in [1.82, 2.24) is 9.13 Å². The summed E-state index contributed by atoms with van der Waals surface area (Å²) in [5.41, 5.74) is 9.27. The molecule has 1 amide bonds. The highest BCUT2D eigenvalue weighted by Gasteiger charge is 2.26. The first-order valence-electron chi connectivity index (χ1n) is 12.8. The van der Waals surface area contributed by atoms with Crippen molar-refractivity contribution in [2.24, 2.45) is 5.10 Å². The topological polar surface area (TPSA) is 90.4 Å². The summed E-state index contributed by atoms with van der Waals surface area (Å²) in [6.45, 7) is 8.87. The van der Waals surface area contributed by atoms with E-state index in [1.165, 1.54) is 19.1 Å². The van der Waals surface area contributed by atoms with E-state index in [4.69, 9.17) is 11.6 Å². The van der Waals surface area contributed by atoms with E-state index in [1.807, 2.05) is 46.4 Å². The average molecular weight is 548 g/mol. The minimum atomic E-state index is -0.329. The van der Waals surface area contributed by atoms with Gasteiger partial charge in [0.1, 0.15) is 5.82 Å². The maximum absolute atomic E-state index is 14.5. The zero-order valence-corrected chi connectivity index (χ0v) is 22.7. The molecule has 0 bridgehead atoms. The van der Waals surface area contributed by atoms with Crippen molar-refractivity contribution in [2.45, 2.75) is 39.3 Å². The predicted molar refractivity (Wildman–Crippen MR) is 155 cm³/mol. The van der Waals surface area contributed by atoms with Crippen LogP contribution in [-0.4, -0.2) is 34.8 Å². The number of piperidine rings is 1. The number of carbonyl (C=O) groups is 1. The molecular weight excluding hydrogens is 517 g/mol. The Morgan fingerprint density at radius 3 is 2.62 bits per heavy atom. The van der Waals surface area contributed by atoms with E-state index < -0.39 is 0 Å². The third-order valence-electron chi connectivity index (χ3n) is 7.39. The second-order valence-electron chi connectivity index (χ2n) is 9.83. The van der Waals surface area contributed by atoms with Gasteiger partial charge in [-0.2, -0.15) is 5.10 Å². The van der Waals surface area contributed by atoms with Crippen LogP contribution in [0.5, 0.6) is 0 Å². The fourth-order valence-electron chi connectivity index (χ4n) is 5.46. The summed E-state index contributed by atoms with van der Waals surface area (Å²) in [5, 5.41) is 16.4. The van der Waals surface area contributed by atoms with Crippen LogP contribution in [0.25, 0.3) is 11.0 Å². The largest absolute Gasteiger partial charge is 0.370 e. The lowest BCUT2D eigenvalue weighted by Crippen LogP contribution is -2.38. The summed E-state index contributed by atoms with van der Waals surface area (Å²) in [4.78, 5) is 13.9. The number of hydrogen-bond donors (Lipinski definition) is 3. The molecule has 0 spiro atoms. The van der Waals surface area contributed by atoms with Crippen molar-refractivity contribution in [2.75, 3.05) is 28.7 Å². The van der Waals surface area contributed by atoms with Gasteiger partial charge >= 0.3 is 0 Å². The van der Waals surface area contributed by atoms with E-state index in [1.54, 1.807) is 12.1 Å². The fraction of sp³-hybridized carbons (Fsp3) is 0.276. The number of anilines is 3. The molecule has 5 rings (SSSR count). The van der Waals surface area contributed by atoms with Gasteiger partial charge in [-0.15, -0.1) is 0 Å². The van der Waals surface area contributed by atoms with Gasteiger partial charge in [-0.25, -0.2) is 4.39 Å². The van der Waals surface area contributed by atoms with Crippen LogP contribution in [0.3, 0.4) is 0 Å². The predicted octanol–water partition coefficient (Wildman–Crippen LogP) is 5.90. The second-order valence-corrected chi connectivity index (χ2v) is 10.3. The summed E-state index contributed by atoms with van der Waals surface area (Å²) in [5.74, 6) is -0.473. The van der Waals surface area contributed by atoms with Crippen LogP contribution in [0, 0.1) is 18.2 Å². The number of rotatable bonds is 7. The van der Waals surface area contributed by atoms with Gasteiger partial charge in [-0.3, -0.25) is 15.6 Å². The van der Waals surface area contributed by atoms with Crippen LogP contribution in [-0.2, 0) is 11.3 Å². The molecule has 3 N–H and O–H groups in total. The van der Waals surface area contributed by atoms with E-state index in [0.717, 1.165) is 46.5 Å². The van der Waals surface area contributed by atoms with E-state index in [9.17, 15) is 14.6 Å². The van der Waals surface area contributed by atoms with Gasteiger partial charge in [0.05, 0.1) is 34.6 Å². The molecule has 8 nitrogen and oxygen atoms in total. The summed E-state index contributed by atoms with van der Waals surface area (Å²) < 4.78 is 18.4. The number of halogens is 2. The number of imidazole rings is 1. The molecular formula is C29H31ClFN7O. The number of amides is 1. The molecule has 3 aromatic carbocycles. The molecule has 1 aliphatic heterocycles. The molecule has 0 radical (unpaired) electrons. The minimum absolute atomic E-state index is 0.0155. The molecule has 0 saturated carbocycles. The third kappa shape index (κ3) is 5.27. The summed E-state index contributed by atoms with van der Waals surface area (Å²) in [6, 6.07) is 16.1. The molecule has 2 heterocycles. The third-order valence-corrected chi connectivity index (χ3v) is 7.62. The Morgan fingerprint density at radius 1 is 1.13 bits per heavy atom. The number of aromatic nitrogens is 2. The Balaban J connectivity index is 1.47. The van der Waals surface area contributed by atoms with Gasteiger partial charge < -0.3 is 19.4 Å². The standard InChI is InChI=1S/C29H31ClFN7O/c1-18-20(5-4-6-24(18)35-33-3)17-37-26-10-8-22(31)16-28(26)38(29(37)32)23-11-13-36(14-12-23)27-15-21(30)7-9-25(27)34-19(2)39/h4-10,15-16,23,32,35H,3,11-14,17H2,1-2H3,(H,34,39). The maximum Gasteiger partial charge on any atom is 0.221 e. The lowest BCUT2D eigenvalue weighted by atomic mass is 10.0. The van der Waals surface area contributed by atoms with E-state index >= 15 is 0 Å². The van der Waals surface area contributed by atoms with Crippen molar-refractivity contribution >= 4 is 52.3 Å². The van der Waals surface area contributed by atoms with Gasteiger partial charge in [0.25, 0.3) is 0 Å². The molecule has 39 heavy (non-hydrogen) atoms. The van der Waals surface area contributed by atoms with Crippen molar-refractivity contribution in [3.8, 4) is 0 Å². The number of nitrogens with one attached hydrogen (secondary N) is 3. The number of hydrazone groups is 1. The number of nitrogens with zero attached hydrogens (tertiary/aromatic N) is 4. The first-order valence-corrected chi connectivity index (χ1v) is 13.2. The molecule has 0 atom stereocenters. The van der Waals surface area contributed by atoms with Crippen LogP contribution in [0.4, 0.5) is 21.5 Å². The monoisotopic (exact) mass is 547 g/mol. The normalized spacial score (nSPS) is 14.0. The molecule has 0 aliphatic carbocycles. The van der Waals surface area contributed by atoms with Crippen LogP contribution in [0.15, 0.2) is 59.7 Å². The molecule has 0 unspecified atom stereocenters. The number of fused-ring (bicyclic) bond motifs is 1. The number of carbonyl (C=O) groups excluding carboxylic acids is 1. The number of benzene rings is 3. The first-order chi connectivity index (χ1) is 18.8. The van der Waals surface area contributed by atoms with Crippen LogP contribution in [0.1, 0.15) is 36.9 Å². The Labute approximate surface area is 231 Å². The Bertz CT molecular complexity index is 1620. The van der Waals surface area contributed by atoms with Crippen molar-refractivity contribution in [3.05, 3.63) is 82.2 Å². The lowest BCUT2D eigenvalue weighted by Gasteiger charge is -2.35. The van der Waals surface area contributed by atoms with E-state index in [2.05, 4.69) is 27.5 Å². The van der Waals surface area contributed by atoms with Crippen LogP contribution in [0.2, 0.25) is 5.02 Å². The highest BCUT2D eigenvalue weighted by molar-refractivity contribution is 6.31. The highest BCUT2D eigenvalue weighted by atomic mass is 35.5. The fourth-order valence-corrected chi connectivity index (χ4v) is 5.63. The summed E-state index contributed by atoms with van der Waals surface area (Å²) in [6.07, 6.45) is 1.50. The van der Waals surface area contributed by atoms with Gasteiger partial charge in [-0.1, -0.05) is 23.7 Å². The molecule has 1 saturated heterocycles. The quantitative estimate of drug-likeness (QED) is 0.199. The van der Waals surface area contributed by atoms with Crippen molar-refractivity contribution in [1.29, 1.82) is 5.41 Å². The molecule has 1 aliphatic rings. The Kier molecular flexibility index (Phi) is 7.43. The molecule has 4 aromatic rings. The van der Waals surface area contributed by atoms with E-state index in [0.29, 0.717) is 35.8 Å². The molecule has 10 heteroatoms. The smallest absolute Gasteiger partial charge is 0.221 e. The minimum Gasteiger partial charge on any atom is -0.370 e. The Morgan fingerprint density at radius 2 is 1.90 bits per heavy atom. The van der Waals surface area contributed by atoms with Crippen molar-refractivity contribution < 1.29 is 9.18 Å². The molecule has 1 fully saturated rings. The van der Waals surface area contributed by atoms with Gasteiger partial charge in [0.2, 0.25) is 11.5 Å². The summed E-state index contributed by atoms with van der Waals surface area (Å²) >= 11 is 6.29. The Hall–Kier alpha value is -4.11.